The summed E-state index contributed by atoms with van der Waals surface area (Å²) in [5.41, 5.74) is 8.00. The van der Waals surface area contributed by atoms with E-state index in [1.807, 2.05) is 18.2 Å². The number of nitrogens with two attached hydrogens (primary N) is 1. The minimum absolute atomic E-state index is 0.261. The molecule has 0 radical (unpaired) electrons. The molecule has 3 N–H and O–H groups in total. The number of rotatable bonds is 4. The van der Waals surface area contributed by atoms with Crippen molar-refractivity contribution in [1.29, 1.82) is 0 Å². The van der Waals surface area contributed by atoms with Crippen molar-refractivity contribution in [3.63, 3.8) is 0 Å². The van der Waals surface area contributed by atoms with Crippen LogP contribution < -0.4 is 11.1 Å². The highest BCUT2D eigenvalue weighted by Gasteiger charge is 2.06. The van der Waals surface area contributed by atoms with E-state index >= 15 is 0 Å². The van der Waals surface area contributed by atoms with Gasteiger partial charge >= 0.3 is 0 Å². The van der Waals surface area contributed by atoms with Crippen LogP contribution in [0.25, 0.3) is 0 Å². The number of benzene rings is 2. The molecule has 0 aromatic heterocycles. The zero-order chi connectivity index (χ0) is 13.0. The van der Waals surface area contributed by atoms with Crippen LogP contribution in [-0.4, -0.2) is 6.54 Å². The van der Waals surface area contributed by atoms with Crippen molar-refractivity contribution >= 4 is 23.0 Å². The van der Waals surface area contributed by atoms with E-state index in [0.29, 0.717) is 18.0 Å². The van der Waals surface area contributed by atoms with Crippen molar-refractivity contribution in [2.75, 3.05) is 11.9 Å². The second-order valence-corrected chi connectivity index (χ2v) is 4.35. The number of hydrogen-bond acceptors (Lipinski definition) is 2. The fourth-order valence-electron chi connectivity index (χ4n) is 1.75. The molecule has 0 saturated heterocycles. The quantitative estimate of drug-likeness (QED) is 0.883. The maximum atomic E-state index is 13.2. The Morgan fingerprint density at radius 2 is 1.89 bits per heavy atom. The Morgan fingerprint density at radius 1 is 1.11 bits per heavy atom. The molecule has 0 fully saturated rings. The maximum absolute atomic E-state index is 13.2. The SMILES string of the molecule is NCCc1cc(F)ccc1Nc1ccccc1Cl. The fraction of sp³-hybridized carbons (Fsp3) is 0.143. The van der Waals surface area contributed by atoms with E-state index in [9.17, 15) is 4.39 Å². The lowest BCUT2D eigenvalue weighted by Gasteiger charge is -2.12. The average molecular weight is 265 g/mol. The molecule has 2 nitrogen and oxygen atoms in total. The van der Waals surface area contributed by atoms with Crippen LogP contribution in [-0.2, 0) is 6.42 Å². The van der Waals surface area contributed by atoms with Gasteiger partial charge in [0.15, 0.2) is 0 Å². The van der Waals surface area contributed by atoms with E-state index in [1.54, 1.807) is 12.1 Å². The van der Waals surface area contributed by atoms with Gasteiger partial charge in [-0.05, 0) is 48.9 Å². The molecule has 0 aliphatic carbocycles. The van der Waals surface area contributed by atoms with Gasteiger partial charge in [0.05, 0.1) is 10.7 Å². The number of para-hydroxylation sites is 1. The summed E-state index contributed by atoms with van der Waals surface area (Å²) in [4.78, 5) is 0. The first-order chi connectivity index (χ1) is 8.70. The summed E-state index contributed by atoms with van der Waals surface area (Å²) in [6, 6.07) is 12.0. The van der Waals surface area contributed by atoms with Crippen LogP contribution in [0.15, 0.2) is 42.5 Å². The maximum Gasteiger partial charge on any atom is 0.123 e. The summed E-state index contributed by atoms with van der Waals surface area (Å²) in [6.45, 7) is 0.473. The first kappa shape index (κ1) is 12.9. The number of hydrogen-bond donors (Lipinski definition) is 2. The summed E-state index contributed by atoms with van der Waals surface area (Å²) in [6.07, 6.45) is 0.616. The standard InChI is InChI=1S/C14H14ClFN2/c15-12-3-1-2-4-14(12)18-13-6-5-11(16)9-10(13)7-8-17/h1-6,9,18H,7-8,17H2. The van der Waals surface area contributed by atoms with Crippen LogP contribution in [0.3, 0.4) is 0 Å². The molecular weight excluding hydrogens is 251 g/mol. The molecule has 2 aromatic rings. The monoisotopic (exact) mass is 264 g/mol. The molecule has 0 atom stereocenters. The zero-order valence-corrected chi connectivity index (χ0v) is 10.5. The Morgan fingerprint density at radius 3 is 2.61 bits per heavy atom. The van der Waals surface area contributed by atoms with Crippen LogP contribution in [0.4, 0.5) is 15.8 Å². The topological polar surface area (TPSA) is 38.0 Å². The Balaban J connectivity index is 2.31. The third-order valence-corrected chi connectivity index (χ3v) is 2.95. The molecule has 0 unspecified atom stereocenters. The van der Waals surface area contributed by atoms with Gasteiger partial charge in [0, 0.05) is 5.69 Å². The van der Waals surface area contributed by atoms with Gasteiger partial charge in [-0.15, -0.1) is 0 Å². The molecule has 0 heterocycles. The van der Waals surface area contributed by atoms with Crippen LogP contribution >= 0.6 is 11.6 Å². The third kappa shape index (κ3) is 3.00. The predicted octanol–water partition coefficient (Wildman–Crippen LogP) is 3.72. The van der Waals surface area contributed by atoms with Crippen molar-refractivity contribution < 1.29 is 4.39 Å². The summed E-state index contributed by atoms with van der Waals surface area (Å²) < 4.78 is 13.2. The molecule has 0 aliphatic rings. The molecule has 0 spiro atoms. The summed E-state index contributed by atoms with van der Waals surface area (Å²) in [7, 11) is 0. The smallest absolute Gasteiger partial charge is 0.123 e. The van der Waals surface area contributed by atoms with Crippen molar-refractivity contribution in [2.24, 2.45) is 5.73 Å². The fourth-order valence-corrected chi connectivity index (χ4v) is 1.94. The lowest BCUT2D eigenvalue weighted by atomic mass is 10.1. The van der Waals surface area contributed by atoms with Crippen LogP contribution in [0.1, 0.15) is 5.56 Å². The van der Waals surface area contributed by atoms with Gasteiger partial charge in [-0.2, -0.15) is 0 Å². The van der Waals surface area contributed by atoms with Crippen molar-refractivity contribution in [3.05, 3.63) is 58.9 Å². The molecule has 2 rings (SSSR count). The lowest BCUT2D eigenvalue weighted by Crippen LogP contribution is -2.06. The Hall–Kier alpha value is -1.58. The molecule has 0 bridgehead atoms. The molecule has 0 amide bonds. The third-order valence-electron chi connectivity index (χ3n) is 2.62. The van der Waals surface area contributed by atoms with Crippen molar-refractivity contribution in [1.82, 2.24) is 0 Å². The first-order valence-electron chi connectivity index (χ1n) is 5.71. The molecule has 4 heteroatoms. The normalized spacial score (nSPS) is 10.4. The highest BCUT2D eigenvalue weighted by Crippen LogP contribution is 2.27. The van der Waals surface area contributed by atoms with Gasteiger partial charge in [-0.25, -0.2) is 4.39 Å². The minimum atomic E-state index is -0.261. The lowest BCUT2D eigenvalue weighted by molar-refractivity contribution is 0.625. The molecule has 2 aromatic carbocycles. The van der Waals surface area contributed by atoms with E-state index in [-0.39, 0.29) is 5.82 Å². The second-order valence-electron chi connectivity index (χ2n) is 3.94. The Labute approximate surface area is 111 Å². The van der Waals surface area contributed by atoms with E-state index in [4.69, 9.17) is 17.3 Å². The van der Waals surface area contributed by atoms with Gasteiger partial charge in [0.1, 0.15) is 5.82 Å². The predicted molar refractivity (Wildman–Crippen MR) is 73.9 cm³/mol. The van der Waals surface area contributed by atoms with Gasteiger partial charge in [-0.3, -0.25) is 0 Å². The molecule has 0 aliphatic heterocycles. The van der Waals surface area contributed by atoms with Crippen LogP contribution in [0.2, 0.25) is 5.02 Å². The van der Waals surface area contributed by atoms with E-state index in [1.165, 1.54) is 12.1 Å². The molecule has 94 valence electrons. The summed E-state index contributed by atoms with van der Waals surface area (Å²) in [5.74, 6) is -0.261. The van der Waals surface area contributed by atoms with E-state index in [0.717, 1.165) is 16.9 Å². The highest BCUT2D eigenvalue weighted by molar-refractivity contribution is 6.33. The van der Waals surface area contributed by atoms with Crippen LogP contribution in [0, 0.1) is 5.82 Å². The van der Waals surface area contributed by atoms with Crippen LogP contribution in [0.5, 0.6) is 0 Å². The largest absolute Gasteiger partial charge is 0.354 e. The minimum Gasteiger partial charge on any atom is -0.354 e. The highest BCUT2D eigenvalue weighted by atomic mass is 35.5. The van der Waals surface area contributed by atoms with Gasteiger partial charge in [0.2, 0.25) is 0 Å². The van der Waals surface area contributed by atoms with Gasteiger partial charge < -0.3 is 11.1 Å². The Bertz CT molecular complexity index is 543. The molecule has 18 heavy (non-hydrogen) atoms. The number of halogens is 2. The van der Waals surface area contributed by atoms with Crippen molar-refractivity contribution in [3.8, 4) is 0 Å². The molecule has 0 saturated carbocycles. The van der Waals surface area contributed by atoms with E-state index in [2.05, 4.69) is 5.32 Å². The summed E-state index contributed by atoms with van der Waals surface area (Å²) >= 11 is 6.07. The van der Waals surface area contributed by atoms with Gasteiger partial charge in [-0.1, -0.05) is 23.7 Å². The first-order valence-corrected chi connectivity index (χ1v) is 6.08. The summed E-state index contributed by atoms with van der Waals surface area (Å²) in [5, 5.41) is 3.82. The van der Waals surface area contributed by atoms with E-state index < -0.39 is 0 Å². The number of anilines is 2. The second kappa shape index (κ2) is 5.85. The van der Waals surface area contributed by atoms with Gasteiger partial charge in [0.25, 0.3) is 0 Å². The Kier molecular flexibility index (Phi) is 4.18. The zero-order valence-electron chi connectivity index (χ0n) is 9.79. The van der Waals surface area contributed by atoms with Crippen molar-refractivity contribution in [2.45, 2.75) is 6.42 Å². The average Bonchev–Trinajstić information content (AvgIpc) is 2.35. The molecular formula is C14H14ClFN2. The number of nitrogens with one attached hydrogen (secondary N) is 1.